The van der Waals surface area contributed by atoms with E-state index >= 15 is 0 Å². The lowest BCUT2D eigenvalue weighted by atomic mass is 10.1. The minimum Gasteiger partial charge on any atom is -0.454 e. The van der Waals surface area contributed by atoms with Gasteiger partial charge in [0.1, 0.15) is 6.54 Å². The van der Waals surface area contributed by atoms with Crippen molar-refractivity contribution in [3.63, 3.8) is 0 Å². The van der Waals surface area contributed by atoms with Gasteiger partial charge in [0.05, 0.1) is 16.1 Å². The fraction of sp³-hybridized carbons (Fsp3) is 0.136. The molecule has 1 aromatic heterocycles. The van der Waals surface area contributed by atoms with Gasteiger partial charge in [-0.3, -0.25) is 9.10 Å². The van der Waals surface area contributed by atoms with Crippen LogP contribution in [0.2, 0.25) is 0 Å². The van der Waals surface area contributed by atoms with Gasteiger partial charge in [-0.15, -0.1) is 0 Å². The summed E-state index contributed by atoms with van der Waals surface area (Å²) >= 11 is 0. The average Bonchev–Trinajstić information content (AvgIpc) is 3.36. The largest absolute Gasteiger partial charge is 0.454 e. The summed E-state index contributed by atoms with van der Waals surface area (Å²) in [6.07, 6.45) is -4.47. The number of hydrogen-bond donors (Lipinski definition) is 0. The van der Waals surface area contributed by atoms with Gasteiger partial charge < -0.3 is 9.26 Å². The summed E-state index contributed by atoms with van der Waals surface area (Å²) in [5.41, 5.74) is -0.153. The molecule has 0 atom stereocenters. The van der Waals surface area contributed by atoms with Crippen molar-refractivity contribution in [1.82, 2.24) is 10.1 Å². The monoisotopic (exact) mass is 489 g/mol. The Morgan fingerprint density at radius 3 is 2.44 bits per heavy atom. The molecule has 0 bridgehead atoms. The Kier molecular flexibility index (Phi) is 5.04. The lowest BCUT2D eigenvalue weighted by Crippen LogP contribution is -2.33. The van der Waals surface area contributed by atoms with E-state index in [0.717, 1.165) is 21.8 Å². The molecular weight excluding hydrogens is 475 g/mol. The molecule has 0 unspecified atom stereocenters. The molecule has 0 saturated heterocycles. The van der Waals surface area contributed by atoms with Crippen molar-refractivity contribution < 1.29 is 35.6 Å². The van der Waals surface area contributed by atoms with Gasteiger partial charge in [0.25, 0.3) is 15.9 Å². The molecule has 0 fully saturated rings. The summed E-state index contributed by atoms with van der Waals surface area (Å²) in [7, 11) is -3.92. The van der Waals surface area contributed by atoms with Crippen molar-refractivity contribution >= 4 is 32.5 Å². The molecule has 8 nitrogen and oxygen atoms in total. The van der Waals surface area contributed by atoms with E-state index < -0.39 is 40.9 Å². The SMILES string of the molecule is O=C(CN1c2cccc3cccc(c23)S1(=O)=O)OCc1nc(-c2ccc(C(F)(F)F)cc2)no1. The molecule has 174 valence electrons. The maximum Gasteiger partial charge on any atom is 0.416 e. The Hall–Kier alpha value is -3.93. The summed E-state index contributed by atoms with van der Waals surface area (Å²) in [4.78, 5) is 16.5. The average molecular weight is 489 g/mol. The van der Waals surface area contributed by atoms with Crippen LogP contribution in [0.15, 0.2) is 70.1 Å². The first-order valence-corrected chi connectivity index (χ1v) is 11.3. The van der Waals surface area contributed by atoms with Crippen molar-refractivity contribution in [3.8, 4) is 11.4 Å². The molecule has 5 rings (SSSR count). The summed E-state index contributed by atoms with van der Waals surface area (Å²) in [5.74, 6) is -0.926. The van der Waals surface area contributed by atoms with Gasteiger partial charge in [0, 0.05) is 10.9 Å². The molecule has 2 heterocycles. The van der Waals surface area contributed by atoms with E-state index in [2.05, 4.69) is 10.1 Å². The van der Waals surface area contributed by atoms with Crippen LogP contribution in [-0.4, -0.2) is 31.1 Å². The number of rotatable bonds is 5. The summed E-state index contributed by atoms with van der Waals surface area (Å²) < 4.78 is 75.0. The minimum atomic E-state index is -4.47. The van der Waals surface area contributed by atoms with Crippen LogP contribution in [0.4, 0.5) is 18.9 Å². The van der Waals surface area contributed by atoms with Crippen molar-refractivity contribution in [3.05, 3.63) is 72.1 Å². The predicted molar refractivity (Wildman–Crippen MR) is 113 cm³/mol. The second kappa shape index (κ2) is 7.83. The fourth-order valence-corrected chi connectivity index (χ4v) is 5.33. The molecule has 0 amide bonds. The molecule has 12 heteroatoms. The topological polar surface area (TPSA) is 103 Å². The quantitative estimate of drug-likeness (QED) is 0.388. The second-order valence-electron chi connectivity index (χ2n) is 7.39. The highest BCUT2D eigenvalue weighted by atomic mass is 32.2. The van der Waals surface area contributed by atoms with Gasteiger partial charge in [-0.05, 0) is 29.7 Å². The third-order valence-electron chi connectivity index (χ3n) is 5.25. The third kappa shape index (κ3) is 3.75. The highest BCUT2D eigenvalue weighted by Gasteiger charge is 2.37. The number of anilines is 1. The van der Waals surface area contributed by atoms with Crippen molar-refractivity contribution in [1.29, 1.82) is 0 Å². The van der Waals surface area contributed by atoms with Crippen LogP contribution in [0.3, 0.4) is 0 Å². The van der Waals surface area contributed by atoms with Crippen LogP contribution in [0, 0.1) is 0 Å². The normalized spacial score (nSPS) is 14.5. The number of halogens is 3. The first-order chi connectivity index (χ1) is 16.1. The summed E-state index contributed by atoms with van der Waals surface area (Å²) in [6.45, 7) is -0.993. The number of nitrogens with zero attached hydrogens (tertiary/aromatic N) is 3. The number of esters is 1. The Labute approximate surface area is 190 Å². The van der Waals surface area contributed by atoms with E-state index in [9.17, 15) is 26.4 Å². The molecule has 0 spiro atoms. The molecule has 4 aromatic rings. The number of carbonyl (C=O) groups is 1. The van der Waals surface area contributed by atoms with Gasteiger partial charge in [-0.1, -0.05) is 41.6 Å². The van der Waals surface area contributed by atoms with Crippen molar-refractivity contribution in [2.75, 3.05) is 10.8 Å². The zero-order chi connectivity index (χ0) is 24.1. The van der Waals surface area contributed by atoms with Gasteiger partial charge >= 0.3 is 12.1 Å². The molecule has 1 aliphatic rings. The van der Waals surface area contributed by atoms with Gasteiger partial charge in [-0.2, -0.15) is 18.2 Å². The van der Waals surface area contributed by atoms with Crippen molar-refractivity contribution in [2.24, 2.45) is 0 Å². The highest BCUT2D eigenvalue weighted by molar-refractivity contribution is 7.93. The predicted octanol–water partition coefficient (Wildman–Crippen LogP) is 4.16. The van der Waals surface area contributed by atoms with Crippen LogP contribution in [0.5, 0.6) is 0 Å². The van der Waals surface area contributed by atoms with Crippen LogP contribution in [-0.2, 0) is 32.3 Å². The molecule has 34 heavy (non-hydrogen) atoms. The van der Waals surface area contributed by atoms with Gasteiger partial charge in [0.15, 0.2) is 6.61 Å². The minimum absolute atomic E-state index is 0.0176. The molecular formula is C22H14F3N3O5S. The number of alkyl halides is 3. The molecule has 0 radical (unpaired) electrons. The Morgan fingerprint density at radius 2 is 1.74 bits per heavy atom. The van der Waals surface area contributed by atoms with E-state index in [0.29, 0.717) is 11.1 Å². The highest BCUT2D eigenvalue weighted by Crippen LogP contribution is 2.41. The number of benzene rings is 3. The lowest BCUT2D eigenvalue weighted by Gasteiger charge is -2.17. The van der Waals surface area contributed by atoms with Crippen LogP contribution in [0.25, 0.3) is 22.2 Å². The molecule has 1 aliphatic heterocycles. The standard InChI is InChI=1S/C22H14F3N3O5S/c23-22(24,25)15-9-7-14(8-10-15)21-26-18(33-27-21)12-32-19(29)11-28-16-5-1-3-13-4-2-6-17(20(13)16)34(28,30)31/h1-10H,11-12H2. The Bertz CT molecular complexity index is 1510. The number of ether oxygens (including phenoxy) is 1. The number of sulfonamides is 1. The first kappa shape index (κ1) is 21.9. The third-order valence-corrected chi connectivity index (χ3v) is 7.05. The summed E-state index contributed by atoms with van der Waals surface area (Å²) in [6, 6.07) is 14.1. The van der Waals surface area contributed by atoms with E-state index in [1.54, 1.807) is 30.3 Å². The van der Waals surface area contributed by atoms with E-state index in [1.807, 2.05) is 0 Å². The maximum atomic E-state index is 12.9. The zero-order valence-electron chi connectivity index (χ0n) is 17.1. The molecule has 0 N–H and O–H groups in total. The maximum absolute atomic E-state index is 12.9. The smallest absolute Gasteiger partial charge is 0.416 e. The van der Waals surface area contributed by atoms with Crippen molar-refractivity contribution in [2.45, 2.75) is 17.7 Å². The number of hydrogen-bond acceptors (Lipinski definition) is 7. The number of aromatic nitrogens is 2. The van der Waals surface area contributed by atoms with Crippen LogP contribution in [0.1, 0.15) is 11.5 Å². The fourth-order valence-electron chi connectivity index (χ4n) is 3.67. The molecule has 3 aromatic carbocycles. The van der Waals surface area contributed by atoms with Crippen LogP contribution >= 0.6 is 0 Å². The number of carbonyl (C=O) groups excluding carboxylic acids is 1. The Balaban J connectivity index is 1.27. The van der Waals surface area contributed by atoms with E-state index in [4.69, 9.17) is 9.26 Å². The van der Waals surface area contributed by atoms with E-state index in [-0.39, 0.29) is 22.2 Å². The summed E-state index contributed by atoms with van der Waals surface area (Å²) in [5, 5.41) is 4.94. The molecule has 0 saturated carbocycles. The van der Waals surface area contributed by atoms with Crippen LogP contribution < -0.4 is 4.31 Å². The Morgan fingerprint density at radius 1 is 1.03 bits per heavy atom. The zero-order valence-corrected chi connectivity index (χ0v) is 17.9. The second-order valence-corrected chi connectivity index (χ2v) is 9.22. The van der Waals surface area contributed by atoms with Gasteiger partial charge in [-0.25, -0.2) is 8.42 Å². The first-order valence-electron chi connectivity index (χ1n) is 9.85. The van der Waals surface area contributed by atoms with Gasteiger partial charge in [0.2, 0.25) is 5.82 Å². The van der Waals surface area contributed by atoms with E-state index in [1.165, 1.54) is 18.2 Å². The lowest BCUT2D eigenvalue weighted by molar-refractivity contribution is -0.143. The molecule has 0 aliphatic carbocycles.